The molecule has 17 heavy (non-hydrogen) atoms. The number of hydrogen-bond acceptors (Lipinski definition) is 4. The number of carbonyl (C=O) groups excluding carboxylic acids is 1. The van der Waals surface area contributed by atoms with E-state index in [0.717, 1.165) is 25.9 Å². The summed E-state index contributed by atoms with van der Waals surface area (Å²) in [5.41, 5.74) is 5.41. The number of nitrogens with two attached hydrogens (primary N) is 1. The van der Waals surface area contributed by atoms with Crippen LogP contribution in [0.1, 0.15) is 26.7 Å². The molecule has 0 saturated carbocycles. The second kappa shape index (κ2) is 7.63. The molecule has 100 valence electrons. The maximum atomic E-state index is 11.7. The maximum absolute atomic E-state index is 11.7. The average molecular weight is 243 g/mol. The molecule has 5 nitrogen and oxygen atoms in total. The van der Waals surface area contributed by atoms with Crippen molar-refractivity contribution in [2.75, 3.05) is 32.8 Å². The number of nitrogens with zero attached hydrogens (tertiary/aromatic N) is 1. The van der Waals surface area contributed by atoms with Gasteiger partial charge in [0.2, 0.25) is 5.91 Å². The molecule has 1 fully saturated rings. The van der Waals surface area contributed by atoms with Gasteiger partial charge in [0.05, 0.1) is 18.8 Å². The van der Waals surface area contributed by atoms with E-state index in [1.807, 2.05) is 13.8 Å². The Kier molecular flexibility index (Phi) is 6.47. The van der Waals surface area contributed by atoms with Gasteiger partial charge in [0, 0.05) is 26.2 Å². The Morgan fingerprint density at radius 3 is 2.71 bits per heavy atom. The molecule has 0 bridgehead atoms. The number of amides is 1. The normalized spacial score (nSPS) is 20.2. The van der Waals surface area contributed by atoms with Crippen LogP contribution < -0.4 is 11.1 Å². The molecular weight excluding hydrogens is 218 g/mol. The zero-order valence-corrected chi connectivity index (χ0v) is 10.9. The van der Waals surface area contributed by atoms with E-state index in [2.05, 4.69) is 10.2 Å². The second-order valence-corrected chi connectivity index (χ2v) is 4.47. The van der Waals surface area contributed by atoms with Gasteiger partial charge in [0.25, 0.3) is 0 Å². The van der Waals surface area contributed by atoms with Crippen molar-refractivity contribution in [3.8, 4) is 0 Å². The van der Waals surface area contributed by atoms with Crippen LogP contribution in [-0.2, 0) is 9.53 Å². The van der Waals surface area contributed by atoms with Crippen molar-refractivity contribution >= 4 is 5.91 Å². The molecule has 1 saturated heterocycles. The van der Waals surface area contributed by atoms with E-state index >= 15 is 0 Å². The number of likely N-dealkylation sites (N-methyl/N-ethyl adjacent to an activating group) is 1. The molecule has 5 heteroatoms. The summed E-state index contributed by atoms with van der Waals surface area (Å²) in [6, 6.07) is -0.0367. The van der Waals surface area contributed by atoms with Gasteiger partial charge in [-0.25, -0.2) is 0 Å². The Morgan fingerprint density at radius 2 is 2.18 bits per heavy atom. The lowest BCUT2D eigenvalue weighted by atomic mass is 10.1. The molecule has 0 aromatic rings. The Hall–Kier alpha value is -0.650. The summed E-state index contributed by atoms with van der Waals surface area (Å²) in [5, 5.41) is 2.86. The van der Waals surface area contributed by atoms with Gasteiger partial charge in [-0.1, -0.05) is 0 Å². The van der Waals surface area contributed by atoms with Gasteiger partial charge in [-0.05, 0) is 26.7 Å². The van der Waals surface area contributed by atoms with Crippen LogP contribution in [0.3, 0.4) is 0 Å². The number of rotatable bonds is 6. The fraction of sp³-hybridized carbons (Fsp3) is 0.917. The minimum Gasteiger partial charge on any atom is -0.377 e. The Labute approximate surface area is 104 Å². The molecule has 3 N–H and O–H groups in total. The first-order chi connectivity index (χ1) is 8.19. The highest BCUT2D eigenvalue weighted by Crippen LogP contribution is 2.15. The first-order valence-electron chi connectivity index (χ1n) is 6.52. The van der Waals surface area contributed by atoms with Crippen LogP contribution in [0.4, 0.5) is 0 Å². The lowest BCUT2D eigenvalue weighted by Crippen LogP contribution is -2.49. The van der Waals surface area contributed by atoms with E-state index in [1.165, 1.54) is 0 Å². The van der Waals surface area contributed by atoms with Crippen molar-refractivity contribution in [2.24, 2.45) is 5.73 Å². The summed E-state index contributed by atoms with van der Waals surface area (Å²) in [6.07, 6.45) is 2.30. The number of hydrogen-bond donors (Lipinski definition) is 2. The van der Waals surface area contributed by atoms with Gasteiger partial charge in [-0.15, -0.1) is 0 Å². The van der Waals surface area contributed by atoms with Gasteiger partial charge < -0.3 is 15.8 Å². The molecule has 1 atom stereocenters. The first kappa shape index (κ1) is 14.4. The van der Waals surface area contributed by atoms with Gasteiger partial charge in [-0.3, -0.25) is 9.69 Å². The molecular formula is C12H25N3O2. The molecule has 1 heterocycles. The highest BCUT2D eigenvalue weighted by Gasteiger charge is 2.26. The number of piperidine rings is 1. The molecule has 0 aliphatic carbocycles. The van der Waals surface area contributed by atoms with Crippen LogP contribution >= 0.6 is 0 Å². The molecule has 0 aromatic carbocycles. The van der Waals surface area contributed by atoms with Crippen molar-refractivity contribution in [1.29, 1.82) is 0 Å². The third kappa shape index (κ3) is 4.61. The van der Waals surface area contributed by atoms with Crippen molar-refractivity contribution < 1.29 is 9.53 Å². The number of carbonyl (C=O) groups is 1. The fourth-order valence-corrected chi connectivity index (χ4v) is 2.15. The summed E-state index contributed by atoms with van der Waals surface area (Å²) in [4.78, 5) is 13.9. The minimum absolute atomic E-state index is 0.0367. The number of nitrogens with one attached hydrogen (secondary N) is 1. The maximum Gasteiger partial charge on any atom is 0.237 e. The standard InChI is InChI=1S/C12H25N3O2/c1-3-14-12(16)10(2)15-7-4-11(5-8-15)17-9-6-13/h10-11H,3-9,13H2,1-2H3,(H,14,16). The third-order valence-electron chi connectivity index (χ3n) is 3.23. The van der Waals surface area contributed by atoms with Gasteiger partial charge in [-0.2, -0.15) is 0 Å². The Morgan fingerprint density at radius 1 is 1.53 bits per heavy atom. The van der Waals surface area contributed by atoms with Crippen LogP contribution in [0.2, 0.25) is 0 Å². The zero-order chi connectivity index (χ0) is 12.7. The van der Waals surface area contributed by atoms with E-state index in [-0.39, 0.29) is 11.9 Å². The summed E-state index contributed by atoms with van der Waals surface area (Å²) in [7, 11) is 0. The molecule has 0 spiro atoms. The van der Waals surface area contributed by atoms with Crippen LogP contribution in [0.5, 0.6) is 0 Å². The van der Waals surface area contributed by atoms with Crippen molar-refractivity contribution in [3.63, 3.8) is 0 Å². The van der Waals surface area contributed by atoms with E-state index in [4.69, 9.17) is 10.5 Å². The Balaban J connectivity index is 2.28. The second-order valence-electron chi connectivity index (χ2n) is 4.47. The van der Waals surface area contributed by atoms with Crippen LogP contribution in [-0.4, -0.2) is 55.7 Å². The molecule has 1 unspecified atom stereocenters. The van der Waals surface area contributed by atoms with Crippen LogP contribution in [0.15, 0.2) is 0 Å². The number of ether oxygens (including phenoxy) is 1. The van der Waals surface area contributed by atoms with Crippen molar-refractivity contribution in [2.45, 2.75) is 38.8 Å². The summed E-state index contributed by atoms with van der Waals surface area (Å²) < 4.78 is 5.62. The highest BCUT2D eigenvalue weighted by atomic mass is 16.5. The van der Waals surface area contributed by atoms with Crippen molar-refractivity contribution in [3.05, 3.63) is 0 Å². The Bertz CT molecular complexity index is 228. The fourth-order valence-electron chi connectivity index (χ4n) is 2.15. The molecule has 0 aromatic heterocycles. The summed E-state index contributed by atoms with van der Waals surface area (Å²) in [6.45, 7) is 7.66. The first-order valence-corrected chi connectivity index (χ1v) is 6.52. The quantitative estimate of drug-likeness (QED) is 0.686. The monoisotopic (exact) mass is 243 g/mol. The lowest BCUT2D eigenvalue weighted by molar-refractivity contribution is -0.126. The topological polar surface area (TPSA) is 67.6 Å². The van der Waals surface area contributed by atoms with Gasteiger partial charge >= 0.3 is 0 Å². The third-order valence-corrected chi connectivity index (χ3v) is 3.23. The average Bonchev–Trinajstić information content (AvgIpc) is 2.36. The van der Waals surface area contributed by atoms with Crippen LogP contribution in [0, 0.1) is 0 Å². The minimum atomic E-state index is -0.0367. The molecule has 1 aliphatic rings. The smallest absolute Gasteiger partial charge is 0.237 e. The summed E-state index contributed by atoms with van der Waals surface area (Å²) in [5.74, 6) is 0.119. The zero-order valence-electron chi connectivity index (χ0n) is 10.9. The predicted octanol–water partition coefficient (Wildman–Crippen LogP) is -0.0493. The SMILES string of the molecule is CCNC(=O)C(C)N1CCC(OCCN)CC1. The highest BCUT2D eigenvalue weighted by molar-refractivity contribution is 5.81. The van der Waals surface area contributed by atoms with E-state index in [1.54, 1.807) is 0 Å². The van der Waals surface area contributed by atoms with Crippen LogP contribution in [0.25, 0.3) is 0 Å². The van der Waals surface area contributed by atoms with E-state index < -0.39 is 0 Å². The molecule has 0 radical (unpaired) electrons. The van der Waals surface area contributed by atoms with Gasteiger partial charge in [0.1, 0.15) is 0 Å². The largest absolute Gasteiger partial charge is 0.377 e. The summed E-state index contributed by atoms with van der Waals surface area (Å²) >= 11 is 0. The van der Waals surface area contributed by atoms with Gasteiger partial charge in [0.15, 0.2) is 0 Å². The number of likely N-dealkylation sites (tertiary alicyclic amines) is 1. The van der Waals surface area contributed by atoms with Crippen molar-refractivity contribution in [1.82, 2.24) is 10.2 Å². The molecule has 1 aliphatic heterocycles. The molecule has 1 rings (SSSR count). The predicted molar refractivity (Wildman–Crippen MR) is 67.7 cm³/mol. The molecule has 1 amide bonds. The van der Waals surface area contributed by atoms with E-state index in [9.17, 15) is 4.79 Å². The van der Waals surface area contributed by atoms with E-state index in [0.29, 0.717) is 25.8 Å². The lowest BCUT2D eigenvalue weighted by Gasteiger charge is -2.35.